The number of fused-ring (bicyclic) bond motifs is 1. The number of nitrogens with zero attached hydrogens (tertiary/aromatic N) is 5. The standard InChI is InChI=1S/C20H18F5N5O2/c1-29-17-11(7-26-18(27-17)30-8-19(9-30)2-4-32-5-3-19)15(28-29)10-6-12(20(23,24)25)14(22)16(31)13(10)21/h6-7,31H,2-5,8-9H2,1H3. The summed E-state index contributed by atoms with van der Waals surface area (Å²) in [5, 5.41) is 13.9. The van der Waals surface area contributed by atoms with Crippen LogP contribution in [0.4, 0.5) is 27.9 Å². The zero-order chi connectivity index (χ0) is 22.8. The lowest BCUT2D eigenvalue weighted by atomic mass is 9.73. The van der Waals surface area contributed by atoms with Gasteiger partial charge in [0.1, 0.15) is 5.69 Å². The van der Waals surface area contributed by atoms with E-state index in [1.165, 1.54) is 17.9 Å². The molecule has 1 N–H and O–H groups in total. The van der Waals surface area contributed by atoms with Crippen LogP contribution in [0.25, 0.3) is 22.3 Å². The van der Waals surface area contributed by atoms with Crippen molar-refractivity contribution in [3.8, 4) is 17.0 Å². The maximum atomic E-state index is 14.6. The molecule has 2 aliphatic heterocycles. The van der Waals surface area contributed by atoms with Gasteiger partial charge in [0.15, 0.2) is 23.0 Å². The van der Waals surface area contributed by atoms with Crippen molar-refractivity contribution >= 4 is 17.0 Å². The summed E-state index contributed by atoms with van der Waals surface area (Å²) < 4.78 is 74.6. The largest absolute Gasteiger partial charge is 0.503 e. The predicted octanol–water partition coefficient (Wildman–Crippen LogP) is 3.65. The molecule has 0 amide bonds. The van der Waals surface area contributed by atoms with Crippen molar-refractivity contribution in [1.82, 2.24) is 19.7 Å². The van der Waals surface area contributed by atoms with Crippen LogP contribution in [-0.4, -0.2) is 51.2 Å². The van der Waals surface area contributed by atoms with Crippen molar-refractivity contribution in [1.29, 1.82) is 0 Å². The first-order valence-electron chi connectivity index (χ1n) is 9.91. The van der Waals surface area contributed by atoms with Crippen LogP contribution in [0.15, 0.2) is 12.3 Å². The second kappa shape index (κ2) is 6.99. The summed E-state index contributed by atoms with van der Waals surface area (Å²) in [5.41, 5.74) is -2.25. The maximum Gasteiger partial charge on any atom is 0.419 e. The van der Waals surface area contributed by atoms with Crippen molar-refractivity contribution in [2.24, 2.45) is 12.5 Å². The van der Waals surface area contributed by atoms with Gasteiger partial charge < -0.3 is 14.7 Å². The van der Waals surface area contributed by atoms with E-state index in [1.54, 1.807) is 0 Å². The second-order valence-corrected chi connectivity index (χ2v) is 8.29. The number of rotatable bonds is 2. The summed E-state index contributed by atoms with van der Waals surface area (Å²) >= 11 is 0. The van der Waals surface area contributed by atoms with E-state index in [0.717, 1.165) is 39.1 Å². The lowest BCUT2D eigenvalue weighted by Gasteiger charge is -2.52. The first-order valence-corrected chi connectivity index (χ1v) is 9.91. The Labute approximate surface area is 178 Å². The number of alkyl halides is 3. The number of phenols is 1. The quantitative estimate of drug-likeness (QED) is 0.595. The Morgan fingerprint density at radius 1 is 1.12 bits per heavy atom. The Morgan fingerprint density at radius 3 is 2.47 bits per heavy atom. The molecular weight excluding hydrogens is 437 g/mol. The van der Waals surface area contributed by atoms with Crippen LogP contribution in [-0.2, 0) is 18.0 Å². The average Bonchev–Trinajstić information content (AvgIpc) is 3.06. The molecule has 0 radical (unpaired) electrons. The van der Waals surface area contributed by atoms with Crippen LogP contribution < -0.4 is 4.90 Å². The Bertz CT molecular complexity index is 1210. The number of hydrogen-bond acceptors (Lipinski definition) is 6. The molecule has 0 atom stereocenters. The summed E-state index contributed by atoms with van der Waals surface area (Å²) in [4.78, 5) is 10.8. The highest BCUT2D eigenvalue weighted by Crippen LogP contribution is 2.43. The van der Waals surface area contributed by atoms with Crippen LogP contribution in [0, 0.1) is 17.0 Å². The van der Waals surface area contributed by atoms with Gasteiger partial charge in [-0.1, -0.05) is 0 Å². The average molecular weight is 455 g/mol. The molecular formula is C20H18F5N5O2. The summed E-state index contributed by atoms with van der Waals surface area (Å²) in [6.45, 7) is 2.97. The van der Waals surface area contributed by atoms with E-state index in [9.17, 15) is 27.1 Å². The lowest BCUT2D eigenvalue weighted by molar-refractivity contribution is -0.140. The fourth-order valence-electron chi connectivity index (χ4n) is 4.41. The van der Waals surface area contributed by atoms with Crippen LogP contribution in [0.3, 0.4) is 0 Å². The molecule has 0 unspecified atom stereocenters. The van der Waals surface area contributed by atoms with Crippen LogP contribution >= 0.6 is 0 Å². The molecule has 2 aliphatic rings. The first-order chi connectivity index (χ1) is 15.1. The minimum atomic E-state index is -5.13. The van der Waals surface area contributed by atoms with E-state index >= 15 is 0 Å². The van der Waals surface area contributed by atoms with E-state index < -0.39 is 34.7 Å². The molecule has 7 nitrogen and oxygen atoms in total. The fourth-order valence-corrected chi connectivity index (χ4v) is 4.41. The van der Waals surface area contributed by atoms with E-state index in [0.29, 0.717) is 12.0 Å². The molecule has 12 heteroatoms. The third kappa shape index (κ3) is 3.15. The van der Waals surface area contributed by atoms with Crippen molar-refractivity contribution in [3.05, 3.63) is 29.5 Å². The van der Waals surface area contributed by atoms with Gasteiger partial charge in [0.2, 0.25) is 5.95 Å². The molecule has 1 aromatic carbocycles. The highest BCUT2D eigenvalue weighted by molar-refractivity contribution is 5.91. The van der Waals surface area contributed by atoms with Gasteiger partial charge in [-0.05, 0) is 18.9 Å². The van der Waals surface area contributed by atoms with Gasteiger partial charge in [0.05, 0.1) is 10.9 Å². The Balaban J connectivity index is 1.54. The van der Waals surface area contributed by atoms with Gasteiger partial charge in [-0.15, -0.1) is 0 Å². The van der Waals surface area contributed by atoms with Crippen molar-refractivity contribution in [3.63, 3.8) is 0 Å². The molecule has 170 valence electrons. The zero-order valence-corrected chi connectivity index (χ0v) is 16.9. The van der Waals surface area contributed by atoms with Crippen LogP contribution in [0.1, 0.15) is 18.4 Å². The summed E-state index contributed by atoms with van der Waals surface area (Å²) in [6, 6.07) is 0.296. The number of aromatic nitrogens is 4. The molecule has 2 saturated heterocycles. The molecule has 0 bridgehead atoms. The Hall–Kier alpha value is -3.02. The summed E-state index contributed by atoms with van der Waals surface area (Å²) in [7, 11) is 1.50. The summed E-state index contributed by atoms with van der Waals surface area (Å²) in [5.74, 6) is -4.89. The summed E-state index contributed by atoms with van der Waals surface area (Å²) in [6.07, 6.45) is -1.87. The second-order valence-electron chi connectivity index (χ2n) is 8.29. The van der Waals surface area contributed by atoms with E-state index in [2.05, 4.69) is 15.1 Å². The molecule has 32 heavy (non-hydrogen) atoms. The minimum absolute atomic E-state index is 0.176. The van der Waals surface area contributed by atoms with E-state index in [1.807, 2.05) is 4.90 Å². The number of anilines is 1. The monoisotopic (exact) mass is 455 g/mol. The molecule has 2 fully saturated rings. The lowest BCUT2D eigenvalue weighted by Crippen LogP contribution is -2.59. The maximum absolute atomic E-state index is 14.6. The van der Waals surface area contributed by atoms with Crippen LogP contribution in [0.5, 0.6) is 5.75 Å². The van der Waals surface area contributed by atoms with Gasteiger partial charge in [0.25, 0.3) is 0 Å². The molecule has 3 aromatic rings. The smallest absolute Gasteiger partial charge is 0.419 e. The normalized spacial score (nSPS) is 18.4. The zero-order valence-electron chi connectivity index (χ0n) is 16.9. The third-order valence-electron chi connectivity index (χ3n) is 6.19. The molecule has 2 aromatic heterocycles. The van der Waals surface area contributed by atoms with Crippen molar-refractivity contribution in [2.75, 3.05) is 31.2 Å². The topological polar surface area (TPSA) is 76.3 Å². The Morgan fingerprint density at radius 2 is 1.81 bits per heavy atom. The molecule has 4 heterocycles. The van der Waals surface area contributed by atoms with Gasteiger partial charge >= 0.3 is 6.18 Å². The van der Waals surface area contributed by atoms with Gasteiger partial charge in [-0.2, -0.15) is 23.3 Å². The SMILES string of the molecule is Cn1nc(-c2cc(C(F)(F)F)c(F)c(O)c2F)c2cnc(N3CC4(CCOCC4)C3)nc21. The number of ether oxygens (including phenoxy) is 1. The fraction of sp³-hybridized carbons (Fsp3) is 0.450. The molecule has 0 saturated carbocycles. The molecule has 0 aliphatic carbocycles. The number of halogens is 5. The van der Waals surface area contributed by atoms with E-state index in [4.69, 9.17) is 4.74 Å². The third-order valence-corrected chi connectivity index (χ3v) is 6.19. The number of benzene rings is 1. The van der Waals surface area contributed by atoms with Gasteiger partial charge in [0, 0.05) is 50.5 Å². The molecule has 5 rings (SSSR count). The molecule has 1 spiro atoms. The first kappa shape index (κ1) is 20.9. The Kier molecular flexibility index (Phi) is 4.56. The number of hydrogen-bond donors (Lipinski definition) is 1. The number of aromatic hydroxyl groups is 1. The minimum Gasteiger partial charge on any atom is -0.503 e. The highest BCUT2D eigenvalue weighted by atomic mass is 19.4. The predicted molar refractivity (Wildman–Crippen MR) is 103 cm³/mol. The number of phenolic OH excluding ortho intramolecular Hbond substituents is 1. The number of aryl methyl sites for hydroxylation is 1. The van der Waals surface area contributed by atoms with Gasteiger partial charge in [-0.25, -0.2) is 18.4 Å². The van der Waals surface area contributed by atoms with Crippen molar-refractivity contribution < 1.29 is 31.8 Å². The van der Waals surface area contributed by atoms with Gasteiger partial charge in [-0.3, -0.25) is 0 Å². The van der Waals surface area contributed by atoms with E-state index in [-0.39, 0.29) is 22.1 Å². The highest BCUT2D eigenvalue weighted by Gasteiger charge is 2.45. The van der Waals surface area contributed by atoms with Crippen LogP contribution in [0.2, 0.25) is 0 Å². The van der Waals surface area contributed by atoms with Crippen molar-refractivity contribution in [2.45, 2.75) is 19.0 Å².